The quantitative estimate of drug-likeness (QED) is 0.513. The fourth-order valence-electron chi connectivity index (χ4n) is 3.84. The summed E-state index contributed by atoms with van der Waals surface area (Å²) in [6.07, 6.45) is 8.47. The second kappa shape index (κ2) is 11.0. The summed E-state index contributed by atoms with van der Waals surface area (Å²) in [5.74, 6) is 1.67. The molecule has 0 aromatic carbocycles. The summed E-state index contributed by atoms with van der Waals surface area (Å²) in [6, 6.07) is 2.03. The van der Waals surface area contributed by atoms with Crippen LogP contribution in [0.25, 0.3) is 0 Å². The standard InChI is InChI=1S/C24H40N2O3/c1-6-8-10-19(7-2)17-29-22(27)12-9-11-21-18(3)13-14-25-23(21)26-15-20(16-26)24(4,5)28/h13-14,19-20,28H,6-12,15-17H2,1-5H3. The van der Waals surface area contributed by atoms with Gasteiger partial charge in [0, 0.05) is 31.6 Å². The van der Waals surface area contributed by atoms with Gasteiger partial charge in [0.2, 0.25) is 0 Å². The maximum Gasteiger partial charge on any atom is 0.305 e. The Kier molecular flexibility index (Phi) is 8.94. The second-order valence-corrected chi connectivity index (χ2v) is 9.14. The van der Waals surface area contributed by atoms with Crippen molar-refractivity contribution in [2.45, 2.75) is 85.2 Å². The van der Waals surface area contributed by atoms with E-state index < -0.39 is 5.60 Å². The zero-order chi connectivity index (χ0) is 21.4. The van der Waals surface area contributed by atoms with Crippen LogP contribution in [0.3, 0.4) is 0 Å². The molecule has 1 aromatic rings. The Balaban J connectivity index is 1.83. The maximum atomic E-state index is 12.2. The first-order valence-corrected chi connectivity index (χ1v) is 11.3. The SMILES string of the molecule is CCCCC(CC)COC(=O)CCCc1c(C)ccnc1N1CC(C(C)(C)O)C1. The third kappa shape index (κ3) is 6.98. The number of nitrogens with zero attached hydrogens (tertiary/aromatic N) is 2. The number of rotatable bonds is 12. The van der Waals surface area contributed by atoms with E-state index in [4.69, 9.17) is 4.74 Å². The van der Waals surface area contributed by atoms with E-state index in [1.165, 1.54) is 24.0 Å². The minimum absolute atomic E-state index is 0.0888. The Bertz CT molecular complexity index is 648. The number of aromatic nitrogens is 1. The highest BCUT2D eigenvalue weighted by atomic mass is 16.5. The monoisotopic (exact) mass is 404 g/mol. The number of hydrogen-bond acceptors (Lipinski definition) is 5. The molecule has 5 nitrogen and oxygen atoms in total. The number of ether oxygens (including phenoxy) is 1. The minimum Gasteiger partial charge on any atom is -0.465 e. The van der Waals surface area contributed by atoms with Crippen LogP contribution in [-0.2, 0) is 16.0 Å². The van der Waals surface area contributed by atoms with Gasteiger partial charge >= 0.3 is 5.97 Å². The number of anilines is 1. The molecular formula is C24H40N2O3. The summed E-state index contributed by atoms with van der Waals surface area (Å²) >= 11 is 0. The molecule has 1 saturated heterocycles. The molecule has 1 N–H and O–H groups in total. The van der Waals surface area contributed by atoms with Crippen molar-refractivity contribution >= 4 is 11.8 Å². The number of esters is 1. The maximum absolute atomic E-state index is 12.2. The van der Waals surface area contributed by atoms with Gasteiger partial charge in [-0.2, -0.15) is 0 Å². The van der Waals surface area contributed by atoms with Crippen LogP contribution in [-0.4, -0.2) is 41.4 Å². The van der Waals surface area contributed by atoms with Gasteiger partial charge in [0.1, 0.15) is 5.82 Å². The number of aryl methyl sites for hydroxylation is 1. The van der Waals surface area contributed by atoms with Crippen molar-refractivity contribution < 1.29 is 14.6 Å². The van der Waals surface area contributed by atoms with Gasteiger partial charge in [-0.05, 0) is 63.1 Å². The molecule has 1 fully saturated rings. The van der Waals surface area contributed by atoms with Crippen LogP contribution in [0.4, 0.5) is 5.82 Å². The first kappa shape index (κ1) is 23.7. The van der Waals surface area contributed by atoms with Crippen molar-refractivity contribution in [3.05, 3.63) is 23.4 Å². The molecule has 1 atom stereocenters. The number of pyridine rings is 1. The lowest BCUT2D eigenvalue weighted by Crippen LogP contribution is -2.56. The van der Waals surface area contributed by atoms with E-state index in [0.717, 1.165) is 44.6 Å². The largest absolute Gasteiger partial charge is 0.465 e. The van der Waals surface area contributed by atoms with Crippen molar-refractivity contribution in [2.75, 3.05) is 24.6 Å². The van der Waals surface area contributed by atoms with Crippen LogP contribution >= 0.6 is 0 Å². The summed E-state index contributed by atoms with van der Waals surface area (Å²) in [5, 5.41) is 10.2. The molecule has 2 heterocycles. The fourth-order valence-corrected chi connectivity index (χ4v) is 3.84. The Labute approximate surface area is 176 Å². The average Bonchev–Trinajstić information content (AvgIpc) is 2.61. The Hall–Kier alpha value is -1.62. The predicted molar refractivity (Wildman–Crippen MR) is 118 cm³/mol. The van der Waals surface area contributed by atoms with E-state index in [9.17, 15) is 9.90 Å². The van der Waals surface area contributed by atoms with Crippen LogP contribution in [0, 0.1) is 18.8 Å². The summed E-state index contributed by atoms with van der Waals surface area (Å²) in [6.45, 7) is 12.4. The van der Waals surface area contributed by atoms with Gasteiger partial charge in [0.05, 0.1) is 12.2 Å². The molecule has 0 bridgehead atoms. The highest BCUT2D eigenvalue weighted by Gasteiger charge is 2.38. The van der Waals surface area contributed by atoms with Crippen LogP contribution in [0.15, 0.2) is 12.3 Å². The van der Waals surface area contributed by atoms with Crippen LogP contribution < -0.4 is 4.90 Å². The summed E-state index contributed by atoms with van der Waals surface area (Å²) in [5.41, 5.74) is 1.77. The molecule has 0 spiro atoms. The molecule has 1 aliphatic heterocycles. The molecule has 2 rings (SSSR count). The normalized spacial score (nSPS) is 15.9. The van der Waals surface area contributed by atoms with Gasteiger partial charge < -0.3 is 14.7 Å². The number of hydrogen-bond donors (Lipinski definition) is 1. The fraction of sp³-hybridized carbons (Fsp3) is 0.750. The van der Waals surface area contributed by atoms with Crippen LogP contribution in [0.2, 0.25) is 0 Å². The number of carbonyl (C=O) groups excluding carboxylic acids is 1. The van der Waals surface area contributed by atoms with E-state index in [2.05, 4.69) is 30.7 Å². The zero-order valence-corrected chi connectivity index (χ0v) is 19.0. The molecule has 1 aliphatic rings. The highest BCUT2D eigenvalue weighted by Crippen LogP contribution is 2.33. The second-order valence-electron chi connectivity index (χ2n) is 9.14. The molecule has 0 aliphatic carbocycles. The van der Waals surface area contributed by atoms with E-state index in [0.29, 0.717) is 18.9 Å². The summed E-state index contributed by atoms with van der Waals surface area (Å²) < 4.78 is 5.53. The van der Waals surface area contributed by atoms with Gasteiger partial charge in [-0.3, -0.25) is 4.79 Å². The number of unbranched alkanes of at least 4 members (excludes halogenated alkanes) is 1. The number of aliphatic hydroxyl groups is 1. The van der Waals surface area contributed by atoms with Gasteiger partial charge in [0.15, 0.2) is 0 Å². The van der Waals surface area contributed by atoms with Crippen LogP contribution in [0.1, 0.15) is 77.3 Å². The minimum atomic E-state index is -0.655. The van der Waals surface area contributed by atoms with E-state index in [1.807, 2.05) is 26.1 Å². The average molecular weight is 405 g/mol. The van der Waals surface area contributed by atoms with Crippen molar-refractivity contribution in [3.8, 4) is 0 Å². The molecule has 164 valence electrons. The third-order valence-corrected chi connectivity index (χ3v) is 6.28. The zero-order valence-electron chi connectivity index (χ0n) is 19.0. The molecular weight excluding hydrogens is 364 g/mol. The Morgan fingerprint density at radius 1 is 1.34 bits per heavy atom. The molecule has 1 unspecified atom stereocenters. The van der Waals surface area contributed by atoms with Gasteiger partial charge in [-0.1, -0.05) is 33.1 Å². The number of carbonyl (C=O) groups is 1. The molecule has 5 heteroatoms. The van der Waals surface area contributed by atoms with E-state index in [1.54, 1.807) is 0 Å². The van der Waals surface area contributed by atoms with Crippen molar-refractivity contribution in [1.29, 1.82) is 0 Å². The lowest BCUT2D eigenvalue weighted by atomic mass is 9.84. The summed E-state index contributed by atoms with van der Waals surface area (Å²) in [7, 11) is 0. The lowest BCUT2D eigenvalue weighted by Gasteiger charge is -2.46. The molecule has 29 heavy (non-hydrogen) atoms. The van der Waals surface area contributed by atoms with Crippen molar-refractivity contribution in [1.82, 2.24) is 4.98 Å². The Morgan fingerprint density at radius 3 is 2.69 bits per heavy atom. The van der Waals surface area contributed by atoms with E-state index in [-0.39, 0.29) is 11.9 Å². The first-order chi connectivity index (χ1) is 13.8. The molecule has 0 amide bonds. The smallest absolute Gasteiger partial charge is 0.305 e. The van der Waals surface area contributed by atoms with Crippen molar-refractivity contribution in [3.63, 3.8) is 0 Å². The predicted octanol–water partition coefficient (Wildman–Crippen LogP) is 4.68. The van der Waals surface area contributed by atoms with Crippen LogP contribution in [0.5, 0.6) is 0 Å². The topological polar surface area (TPSA) is 62.7 Å². The molecule has 0 radical (unpaired) electrons. The Morgan fingerprint density at radius 2 is 2.07 bits per heavy atom. The van der Waals surface area contributed by atoms with Gasteiger partial charge in [-0.15, -0.1) is 0 Å². The van der Waals surface area contributed by atoms with Gasteiger partial charge in [0.25, 0.3) is 0 Å². The highest BCUT2D eigenvalue weighted by molar-refractivity contribution is 5.69. The van der Waals surface area contributed by atoms with Gasteiger partial charge in [-0.25, -0.2) is 4.98 Å². The van der Waals surface area contributed by atoms with E-state index >= 15 is 0 Å². The first-order valence-electron chi connectivity index (χ1n) is 11.3. The molecule has 1 aromatic heterocycles. The van der Waals surface area contributed by atoms with Crippen molar-refractivity contribution in [2.24, 2.45) is 11.8 Å². The third-order valence-electron chi connectivity index (χ3n) is 6.28. The molecule has 0 saturated carbocycles. The summed E-state index contributed by atoms with van der Waals surface area (Å²) in [4.78, 5) is 19.0. The lowest BCUT2D eigenvalue weighted by molar-refractivity contribution is -0.145.